The van der Waals surface area contributed by atoms with Gasteiger partial charge in [-0.3, -0.25) is 0 Å². The molecule has 0 aromatic carbocycles. The van der Waals surface area contributed by atoms with Crippen molar-refractivity contribution < 1.29 is 27.9 Å². The van der Waals surface area contributed by atoms with Gasteiger partial charge in [-0.05, 0) is 110 Å². The minimum Gasteiger partial charge on any atom is -0.421 e. The summed E-state index contributed by atoms with van der Waals surface area (Å²) in [7, 11) is 3.11. The Morgan fingerprint density at radius 2 is 0.708 bits per heavy atom. The molecule has 0 saturated heterocycles. The van der Waals surface area contributed by atoms with Crippen molar-refractivity contribution in [3.63, 3.8) is 0 Å². The molecule has 0 aliphatic heterocycles. The van der Waals surface area contributed by atoms with Gasteiger partial charge in [0.15, 0.2) is 33.3 Å². The van der Waals surface area contributed by atoms with E-state index in [0.717, 1.165) is 0 Å². The van der Waals surface area contributed by atoms with E-state index in [2.05, 4.69) is 151 Å². The number of rotatable bonds is 10. The number of hydrogen-bond acceptors (Lipinski definition) is 7. The molecule has 48 heavy (non-hydrogen) atoms. The van der Waals surface area contributed by atoms with E-state index in [0.29, 0.717) is 0 Å². The van der Waals surface area contributed by atoms with E-state index >= 15 is 0 Å². The fourth-order valence-electron chi connectivity index (χ4n) is 0.871. The molecular formula is C34H98O6SSi7. The average Bonchev–Trinajstić information content (AvgIpc) is 2.93. The summed E-state index contributed by atoms with van der Waals surface area (Å²) >= 11 is 3.46. The van der Waals surface area contributed by atoms with Crippen LogP contribution in [0, 0.1) is 0 Å². The van der Waals surface area contributed by atoms with Crippen LogP contribution in [0.4, 0.5) is 0 Å². The standard InChI is InChI=1S/C6H16OSi.2C5H12OSi.3C4H12OSi.C3H10Si.CH4S.2CH4/c1-5-6-8(3,4)7-2;2*1-5-7(3,4)6-2;3*1-5-6(2,3)4;1-4(2)3;1-2;;/h5-6H2,1-4H3;2*5H,1H2,2-4H3;3*1-4H3;4H,1-3H3;2H,1H3;2*1H4/i;;;;;;;1D;;. The summed E-state index contributed by atoms with van der Waals surface area (Å²) in [6, 6.07) is 1.28. The van der Waals surface area contributed by atoms with Gasteiger partial charge in [0.05, 0.1) is 0 Å². The molecule has 0 aliphatic rings. The Labute approximate surface area is 323 Å². The minimum absolute atomic E-state index is 0. The number of thiol groups is 1. The highest BCUT2D eigenvalue weighted by atomic mass is 32.1. The van der Waals surface area contributed by atoms with Crippen molar-refractivity contribution in [3.05, 3.63) is 24.6 Å². The lowest BCUT2D eigenvalue weighted by Gasteiger charge is -2.17. The molecule has 0 bridgehead atoms. The van der Waals surface area contributed by atoms with Crippen LogP contribution in [-0.2, 0) is 26.6 Å². The van der Waals surface area contributed by atoms with Crippen LogP contribution in [0.2, 0.25) is 124 Å². The summed E-state index contributed by atoms with van der Waals surface area (Å²) in [4.78, 5) is 0. The van der Waals surface area contributed by atoms with Crippen LogP contribution in [0.15, 0.2) is 24.6 Å². The summed E-state index contributed by atoms with van der Waals surface area (Å²) < 4.78 is 36.8. The zero-order chi connectivity index (χ0) is 40.4. The van der Waals surface area contributed by atoms with E-state index < -0.39 is 49.9 Å². The molecule has 0 atom stereocenters. The van der Waals surface area contributed by atoms with Crippen LogP contribution in [0.25, 0.3) is 0 Å². The van der Waals surface area contributed by atoms with Crippen molar-refractivity contribution in [1.82, 2.24) is 0 Å². The zero-order valence-corrected chi connectivity index (χ0v) is 44.2. The summed E-state index contributed by atoms with van der Waals surface area (Å²) in [5, 5.41) is 0. The molecule has 6 nitrogen and oxygen atoms in total. The maximum Gasteiger partial charge on any atom is 0.209 e. The molecule has 0 aliphatic carbocycles. The number of hydrogen-bond donors (Lipinski definition) is 1. The SMILES string of the molecule is C.C.C=C[Si](C)(C)OC.C=C[Si](C)(C)OC.CCC[Si](C)(C)OC.CO[Si](C)(C)C.CO[Si](C)(C)C.CO[Si](C)(C)C.C[SiH](C)C.[2H]CS. The highest BCUT2D eigenvalue weighted by Gasteiger charge is 2.18. The molecule has 0 saturated carbocycles. The summed E-state index contributed by atoms with van der Waals surface area (Å²) in [5.74, 6) is 0. The molecule has 0 unspecified atom stereocenters. The van der Waals surface area contributed by atoms with Gasteiger partial charge in [0.1, 0.15) is 0 Å². The molecule has 0 aromatic rings. The van der Waals surface area contributed by atoms with Crippen molar-refractivity contribution in [3.8, 4) is 0 Å². The molecule has 0 N–H and O–H groups in total. The highest BCUT2D eigenvalue weighted by Crippen LogP contribution is 2.10. The van der Waals surface area contributed by atoms with Gasteiger partial charge in [-0.2, -0.15) is 12.6 Å². The Kier molecular flexibility index (Phi) is 62.6. The predicted octanol–water partition coefficient (Wildman–Crippen LogP) is 12.7. The smallest absolute Gasteiger partial charge is 0.209 e. The lowest BCUT2D eigenvalue weighted by molar-refractivity contribution is 0.403. The molecule has 304 valence electrons. The second-order valence-electron chi connectivity index (χ2n) is 15.4. The van der Waals surface area contributed by atoms with Crippen LogP contribution in [0.5, 0.6) is 0 Å². The first kappa shape index (κ1) is 70.7. The fraction of sp³-hybridized carbons (Fsp3) is 0.882. The van der Waals surface area contributed by atoms with Crippen LogP contribution in [0.1, 0.15) is 29.6 Å². The van der Waals surface area contributed by atoms with Crippen molar-refractivity contribution >= 4 is 71.3 Å². The normalized spacial score (nSPS) is 10.9. The van der Waals surface area contributed by atoms with E-state index in [9.17, 15) is 0 Å². The van der Waals surface area contributed by atoms with Crippen molar-refractivity contribution in [2.75, 3.05) is 48.9 Å². The molecular weight excluding hydrogens is 733 g/mol. The maximum atomic E-state index is 6.07. The summed E-state index contributed by atoms with van der Waals surface area (Å²) in [6.45, 7) is 48.7. The average molecular weight is 833 g/mol. The Balaban J connectivity index is -0.0000000446. The maximum absolute atomic E-state index is 6.07. The lowest BCUT2D eigenvalue weighted by atomic mass is 10.6. The predicted molar refractivity (Wildman–Crippen MR) is 253 cm³/mol. The van der Waals surface area contributed by atoms with Gasteiger partial charge >= 0.3 is 0 Å². The van der Waals surface area contributed by atoms with E-state index in [1.54, 1.807) is 35.5 Å². The lowest BCUT2D eigenvalue weighted by Crippen LogP contribution is -2.27. The van der Waals surface area contributed by atoms with E-state index in [1.807, 2.05) is 18.5 Å². The van der Waals surface area contributed by atoms with Gasteiger partial charge in [0.2, 0.25) is 16.6 Å². The molecule has 14 heteroatoms. The third-order valence-corrected chi connectivity index (χ3v) is 15.8. The van der Waals surface area contributed by atoms with Crippen LogP contribution in [0.3, 0.4) is 0 Å². The van der Waals surface area contributed by atoms with Gasteiger partial charge in [0.25, 0.3) is 0 Å². The van der Waals surface area contributed by atoms with Gasteiger partial charge in [0, 0.05) is 52.8 Å². The van der Waals surface area contributed by atoms with E-state index in [1.165, 1.54) is 12.5 Å². The summed E-state index contributed by atoms with van der Waals surface area (Å²) in [6.07, 6.45) is 1.45. The van der Waals surface area contributed by atoms with Crippen LogP contribution < -0.4 is 0 Å². The molecule has 0 spiro atoms. The Morgan fingerprint density at radius 3 is 0.729 bits per heavy atom. The largest absolute Gasteiger partial charge is 0.421 e. The Bertz CT molecular complexity index is 586. The first-order valence-corrected chi connectivity index (χ1v) is 39.6. The fourth-order valence-corrected chi connectivity index (χ4v) is 2.61. The molecule has 0 amide bonds. The van der Waals surface area contributed by atoms with Gasteiger partial charge in [-0.15, -0.1) is 13.2 Å². The Morgan fingerprint density at radius 1 is 0.542 bits per heavy atom. The van der Waals surface area contributed by atoms with Crippen molar-refractivity contribution in [1.29, 1.82) is 0 Å². The summed E-state index contributed by atoms with van der Waals surface area (Å²) in [5.41, 5.74) is 3.82. The highest BCUT2D eigenvalue weighted by molar-refractivity contribution is 7.79. The monoisotopic (exact) mass is 832 g/mol. The second kappa shape index (κ2) is 42.5. The first-order valence-electron chi connectivity index (χ1n) is 16.9. The zero-order valence-electron chi connectivity index (χ0n) is 37.2. The quantitative estimate of drug-likeness (QED) is 0.175. The Hall–Kier alpha value is 1.11. The van der Waals surface area contributed by atoms with E-state index in [4.69, 9.17) is 27.9 Å². The van der Waals surface area contributed by atoms with Gasteiger partial charge in [-0.25, -0.2) is 0 Å². The van der Waals surface area contributed by atoms with Crippen molar-refractivity contribution in [2.45, 2.75) is 152 Å². The third kappa shape index (κ3) is 118. The minimum atomic E-state index is -1.39. The molecule has 0 radical (unpaired) electrons. The van der Waals surface area contributed by atoms with Gasteiger partial charge in [-0.1, -0.05) is 59.2 Å². The van der Waals surface area contributed by atoms with Crippen LogP contribution in [-0.4, -0.2) is 108 Å². The third-order valence-electron chi connectivity index (χ3n) is 5.28. The first-order chi connectivity index (χ1) is 20.7. The molecule has 0 aromatic heterocycles. The topological polar surface area (TPSA) is 55.4 Å². The second-order valence-corrected chi connectivity index (χ2v) is 45.3. The molecule has 0 rings (SSSR count). The van der Waals surface area contributed by atoms with Gasteiger partial charge < -0.3 is 26.6 Å². The van der Waals surface area contributed by atoms with E-state index in [-0.39, 0.29) is 29.9 Å². The van der Waals surface area contributed by atoms with Crippen LogP contribution >= 0.6 is 12.6 Å². The van der Waals surface area contributed by atoms with Crippen molar-refractivity contribution in [2.24, 2.45) is 0 Å². The molecule has 0 fully saturated rings. The molecule has 0 heterocycles.